The fraction of sp³-hybridized carbons (Fsp3) is 1.00. The largest absolute Gasteiger partial charge is 0.390 e. The van der Waals surface area contributed by atoms with Gasteiger partial charge in [-0.1, -0.05) is 12.8 Å². The van der Waals surface area contributed by atoms with Crippen LogP contribution in [0.2, 0.25) is 0 Å². The van der Waals surface area contributed by atoms with Crippen LogP contribution in [-0.2, 0) is 0 Å². The van der Waals surface area contributed by atoms with Crippen LogP contribution in [0.15, 0.2) is 0 Å². The number of nitrogens with zero attached hydrogens (tertiary/aromatic N) is 1. The lowest BCUT2D eigenvalue weighted by atomic mass is 9.71. The van der Waals surface area contributed by atoms with Crippen molar-refractivity contribution in [1.82, 2.24) is 10.2 Å². The molecule has 15 heavy (non-hydrogen) atoms. The maximum atomic E-state index is 10.5. The Kier molecular flexibility index (Phi) is 3.65. The quantitative estimate of drug-likeness (QED) is 0.727. The number of hydrogen-bond acceptors (Lipinski definition) is 3. The molecule has 2 unspecified atom stereocenters. The summed E-state index contributed by atoms with van der Waals surface area (Å²) in [7, 11) is 2.00. The number of aliphatic hydroxyl groups is 1. The Labute approximate surface area is 92.8 Å². The normalized spacial score (nSPS) is 37.6. The van der Waals surface area contributed by atoms with E-state index < -0.39 is 0 Å². The Hall–Kier alpha value is -0.120. The van der Waals surface area contributed by atoms with Crippen molar-refractivity contribution < 1.29 is 5.11 Å². The van der Waals surface area contributed by atoms with Gasteiger partial charge in [-0.15, -0.1) is 0 Å². The molecule has 2 atom stereocenters. The molecule has 2 N–H and O–H groups in total. The molecule has 1 saturated carbocycles. The lowest BCUT2D eigenvalue weighted by Gasteiger charge is -2.47. The fourth-order valence-corrected chi connectivity index (χ4v) is 3.11. The SMILES string of the molecule is CNCCN1CCC2(O)CCCCC2C1. The van der Waals surface area contributed by atoms with Crippen LogP contribution in [0.4, 0.5) is 0 Å². The first kappa shape index (κ1) is 11.4. The summed E-state index contributed by atoms with van der Waals surface area (Å²) in [6, 6.07) is 0. The topological polar surface area (TPSA) is 35.5 Å². The maximum Gasteiger partial charge on any atom is 0.0700 e. The smallest absolute Gasteiger partial charge is 0.0700 e. The molecular formula is C12H24N2O. The minimum absolute atomic E-state index is 0.311. The third kappa shape index (κ3) is 2.52. The van der Waals surface area contributed by atoms with Gasteiger partial charge in [-0.2, -0.15) is 0 Å². The number of likely N-dealkylation sites (tertiary alicyclic amines) is 1. The van der Waals surface area contributed by atoms with Gasteiger partial charge in [0.25, 0.3) is 0 Å². The summed E-state index contributed by atoms with van der Waals surface area (Å²) in [6.45, 7) is 4.38. The first-order chi connectivity index (χ1) is 7.24. The molecule has 1 saturated heterocycles. The molecule has 88 valence electrons. The van der Waals surface area contributed by atoms with Crippen molar-refractivity contribution in [2.75, 3.05) is 33.2 Å². The molecule has 1 aliphatic heterocycles. The van der Waals surface area contributed by atoms with Crippen LogP contribution in [0.25, 0.3) is 0 Å². The number of hydrogen-bond donors (Lipinski definition) is 2. The van der Waals surface area contributed by atoms with Gasteiger partial charge in [-0.25, -0.2) is 0 Å². The highest BCUT2D eigenvalue weighted by molar-refractivity contribution is 4.95. The average Bonchev–Trinajstić information content (AvgIpc) is 2.26. The lowest BCUT2D eigenvalue weighted by Crippen LogP contribution is -2.54. The van der Waals surface area contributed by atoms with Crippen molar-refractivity contribution in [3.8, 4) is 0 Å². The minimum atomic E-state index is -0.311. The zero-order valence-electron chi connectivity index (χ0n) is 9.84. The summed E-state index contributed by atoms with van der Waals surface area (Å²) in [5.41, 5.74) is -0.311. The standard InChI is InChI=1S/C12H24N2O/c1-13-7-9-14-8-6-12(15)5-3-2-4-11(12)10-14/h11,13,15H,2-10H2,1H3. The summed E-state index contributed by atoms with van der Waals surface area (Å²) < 4.78 is 0. The van der Waals surface area contributed by atoms with Crippen molar-refractivity contribution in [3.63, 3.8) is 0 Å². The van der Waals surface area contributed by atoms with E-state index in [4.69, 9.17) is 0 Å². The number of likely N-dealkylation sites (N-methyl/N-ethyl adjacent to an activating group) is 1. The van der Waals surface area contributed by atoms with Gasteiger partial charge in [0.05, 0.1) is 5.60 Å². The van der Waals surface area contributed by atoms with Crippen LogP contribution in [0, 0.1) is 5.92 Å². The molecule has 2 fully saturated rings. The summed E-state index contributed by atoms with van der Waals surface area (Å²) in [5, 5.41) is 13.7. The van der Waals surface area contributed by atoms with Crippen LogP contribution in [0.1, 0.15) is 32.1 Å². The predicted molar refractivity (Wildman–Crippen MR) is 61.9 cm³/mol. The van der Waals surface area contributed by atoms with Crippen molar-refractivity contribution in [2.45, 2.75) is 37.7 Å². The molecule has 3 heteroatoms. The summed E-state index contributed by atoms with van der Waals surface area (Å²) >= 11 is 0. The van der Waals surface area contributed by atoms with E-state index in [9.17, 15) is 5.11 Å². The molecule has 1 heterocycles. The second kappa shape index (κ2) is 4.81. The van der Waals surface area contributed by atoms with Crippen LogP contribution < -0.4 is 5.32 Å². The molecule has 0 aromatic carbocycles. The van der Waals surface area contributed by atoms with Gasteiger partial charge in [-0.3, -0.25) is 0 Å². The van der Waals surface area contributed by atoms with Crippen molar-refractivity contribution in [3.05, 3.63) is 0 Å². The molecule has 2 rings (SSSR count). The van der Waals surface area contributed by atoms with Gasteiger partial charge in [0.1, 0.15) is 0 Å². The lowest BCUT2D eigenvalue weighted by molar-refractivity contribution is -0.0948. The average molecular weight is 212 g/mol. The summed E-state index contributed by atoms with van der Waals surface area (Å²) in [6.07, 6.45) is 5.79. The molecule has 0 radical (unpaired) electrons. The molecule has 0 amide bonds. The maximum absolute atomic E-state index is 10.5. The Morgan fingerprint density at radius 2 is 2.27 bits per heavy atom. The zero-order valence-corrected chi connectivity index (χ0v) is 9.84. The highest BCUT2D eigenvalue weighted by Crippen LogP contribution is 2.39. The second-order valence-electron chi connectivity index (χ2n) is 5.20. The van der Waals surface area contributed by atoms with E-state index in [1.807, 2.05) is 7.05 Å². The van der Waals surface area contributed by atoms with Crippen LogP contribution in [0.3, 0.4) is 0 Å². The van der Waals surface area contributed by atoms with Crippen LogP contribution in [-0.4, -0.2) is 48.8 Å². The van der Waals surface area contributed by atoms with Gasteiger partial charge in [0, 0.05) is 32.1 Å². The minimum Gasteiger partial charge on any atom is -0.390 e. The molecule has 0 spiro atoms. The first-order valence-corrected chi connectivity index (χ1v) is 6.34. The predicted octanol–water partition coefficient (Wildman–Crippen LogP) is 0.833. The molecule has 0 aromatic heterocycles. The fourth-order valence-electron chi connectivity index (χ4n) is 3.11. The summed E-state index contributed by atoms with van der Waals surface area (Å²) in [5.74, 6) is 0.539. The van der Waals surface area contributed by atoms with Gasteiger partial charge in [-0.05, 0) is 26.3 Å². The van der Waals surface area contributed by atoms with Gasteiger partial charge < -0.3 is 15.3 Å². The van der Waals surface area contributed by atoms with E-state index >= 15 is 0 Å². The van der Waals surface area contributed by atoms with Crippen molar-refractivity contribution >= 4 is 0 Å². The first-order valence-electron chi connectivity index (χ1n) is 6.34. The van der Waals surface area contributed by atoms with E-state index in [1.54, 1.807) is 0 Å². The third-order valence-corrected chi connectivity index (χ3v) is 4.19. The Bertz CT molecular complexity index is 210. The van der Waals surface area contributed by atoms with Crippen molar-refractivity contribution in [1.29, 1.82) is 0 Å². The molecule has 2 aliphatic rings. The number of fused-ring (bicyclic) bond motifs is 1. The monoisotopic (exact) mass is 212 g/mol. The molecule has 0 aromatic rings. The van der Waals surface area contributed by atoms with E-state index in [1.165, 1.54) is 19.3 Å². The highest BCUT2D eigenvalue weighted by Gasteiger charge is 2.42. The van der Waals surface area contributed by atoms with Crippen molar-refractivity contribution in [2.24, 2.45) is 5.92 Å². The van der Waals surface area contributed by atoms with E-state index in [-0.39, 0.29) is 5.60 Å². The highest BCUT2D eigenvalue weighted by atomic mass is 16.3. The number of rotatable bonds is 3. The van der Waals surface area contributed by atoms with E-state index in [0.717, 1.165) is 39.0 Å². The Morgan fingerprint density at radius 1 is 1.40 bits per heavy atom. The van der Waals surface area contributed by atoms with E-state index in [0.29, 0.717) is 5.92 Å². The number of piperidine rings is 1. The van der Waals surface area contributed by atoms with Gasteiger partial charge in [0.2, 0.25) is 0 Å². The van der Waals surface area contributed by atoms with Gasteiger partial charge >= 0.3 is 0 Å². The van der Waals surface area contributed by atoms with E-state index in [2.05, 4.69) is 10.2 Å². The van der Waals surface area contributed by atoms with Crippen LogP contribution >= 0.6 is 0 Å². The Balaban J connectivity index is 1.87. The second-order valence-corrected chi connectivity index (χ2v) is 5.20. The molecule has 3 nitrogen and oxygen atoms in total. The van der Waals surface area contributed by atoms with Gasteiger partial charge in [0.15, 0.2) is 0 Å². The molecular weight excluding hydrogens is 188 g/mol. The Morgan fingerprint density at radius 3 is 3.07 bits per heavy atom. The number of nitrogens with one attached hydrogen (secondary N) is 1. The zero-order chi connectivity index (χ0) is 10.7. The third-order valence-electron chi connectivity index (χ3n) is 4.19. The molecule has 1 aliphatic carbocycles. The molecule has 0 bridgehead atoms. The summed E-state index contributed by atoms with van der Waals surface area (Å²) in [4.78, 5) is 2.50. The van der Waals surface area contributed by atoms with Crippen LogP contribution in [0.5, 0.6) is 0 Å².